The minimum Gasteiger partial charge on any atom is -0.497 e. The molecule has 2 aromatic carbocycles. The Hall–Kier alpha value is -2.75. The van der Waals surface area contributed by atoms with E-state index >= 15 is 0 Å². The van der Waals surface area contributed by atoms with Gasteiger partial charge in [0.2, 0.25) is 0 Å². The van der Waals surface area contributed by atoms with Crippen molar-refractivity contribution >= 4 is 11.9 Å². The highest BCUT2D eigenvalue weighted by atomic mass is 16.5. The zero-order chi connectivity index (χ0) is 17.4. The monoisotopic (exact) mass is 326 g/mol. The predicted molar refractivity (Wildman–Crippen MR) is 95.1 cm³/mol. The lowest BCUT2D eigenvalue weighted by molar-refractivity contribution is 0.104. The van der Waals surface area contributed by atoms with Crippen molar-refractivity contribution in [2.75, 3.05) is 20.8 Å². The minimum absolute atomic E-state index is 0.0742. The lowest BCUT2D eigenvalue weighted by atomic mass is 10.1. The van der Waals surface area contributed by atoms with Crippen LogP contribution in [0.25, 0.3) is 6.08 Å². The number of hydrogen-bond acceptors (Lipinski definition) is 4. The fraction of sp³-hybridized carbons (Fsp3) is 0.250. The molecule has 0 aromatic heterocycles. The Morgan fingerprint density at radius 3 is 2.33 bits per heavy atom. The van der Waals surface area contributed by atoms with Crippen molar-refractivity contribution in [2.24, 2.45) is 0 Å². The van der Waals surface area contributed by atoms with Crippen LogP contribution in [0.4, 0.5) is 0 Å². The smallest absolute Gasteiger partial charge is 0.185 e. The van der Waals surface area contributed by atoms with Gasteiger partial charge in [0.1, 0.15) is 17.2 Å². The predicted octanol–water partition coefficient (Wildman–Crippen LogP) is 4.39. The first-order chi connectivity index (χ1) is 11.7. The standard InChI is InChI=1S/C20H22O4/c1-4-13-24-17-9-5-15(6-10-17)19(21)12-8-16-7-11-18(22-2)14-20(16)23-3/h5-12,14H,4,13H2,1-3H3/b12-8+. The van der Waals surface area contributed by atoms with E-state index in [0.717, 1.165) is 17.7 Å². The average molecular weight is 326 g/mol. The van der Waals surface area contributed by atoms with Gasteiger partial charge in [-0.2, -0.15) is 0 Å². The van der Waals surface area contributed by atoms with Gasteiger partial charge >= 0.3 is 0 Å². The Labute approximate surface area is 142 Å². The third-order valence-electron chi connectivity index (χ3n) is 3.47. The molecule has 4 nitrogen and oxygen atoms in total. The Morgan fingerprint density at radius 1 is 1.00 bits per heavy atom. The number of hydrogen-bond donors (Lipinski definition) is 0. The normalized spacial score (nSPS) is 10.6. The van der Waals surface area contributed by atoms with Gasteiger partial charge in [0, 0.05) is 17.2 Å². The SMILES string of the molecule is CCCOc1ccc(C(=O)/C=C/c2ccc(OC)cc2OC)cc1. The van der Waals surface area contributed by atoms with Crippen molar-refractivity contribution in [2.45, 2.75) is 13.3 Å². The van der Waals surface area contributed by atoms with E-state index in [9.17, 15) is 4.79 Å². The van der Waals surface area contributed by atoms with E-state index in [2.05, 4.69) is 6.92 Å². The van der Waals surface area contributed by atoms with Crippen LogP contribution >= 0.6 is 0 Å². The molecule has 0 aliphatic carbocycles. The van der Waals surface area contributed by atoms with Crippen LogP contribution in [0.15, 0.2) is 48.5 Å². The molecule has 0 unspecified atom stereocenters. The van der Waals surface area contributed by atoms with E-state index in [1.807, 2.05) is 24.3 Å². The Bertz CT molecular complexity index is 702. The Balaban J connectivity index is 2.10. The molecule has 4 heteroatoms. The molecule has 0 saturated carbocycles. The van der Waals surface area contributed by atoms with Crippen LogP contribution < -0.4 is 14.2 Å². The molecule has 0 fully saturated rings. The lowest BCUT2D eigenvalue weighted by Gasteiger charge is -2.07. The molecular formula is C20H22O4. The Morgan fingerprint density at radius 2 is 1.71 bits per heavy atom. The fourth-order valence-corrected chi connectivity index (χ4v) is 2.15. The van der Waals surface area contributed by atoms with Crippen molar-refractivity contribution in [1.82, 2.24) is 0 Å². The van der Waals surface area contributed by atoms with Gasteiger partial charge in [0.25, 0.3) is 0 Å². The van der Waals surface area contributed by atoms with Crippen LogP contribution in [0.5, 0.6) is 17.2 Å². The number of benzene rings is 2. The number of carbonyl (C=O) groups is 1. The van der Waals surface area contributed by atoms with Gasteiger partial charge < -0.3 is 14.2 Å². The van der Waals surface area contributed by atoms with E-state index in [0.29, 0.717) is 23.7 Å². The fourth-order valence-electron chi connectivity index (χ4n) is 2.15. The van der Waals surface area contributed by atoms with Gasteiger partial charge in [-0.15, -0.1) is 0 Å². The molecule has 126 valence electrons. The number of ketones is 1. The number of carbonyl (C=O) groups excluding carboxylic acids is 1. The average Bonchev–Trinajstić information content (AvgIpc) is 2.64. The number of allylic oxidation sites excluding steroid dienone is 1. The van der Waals surface area contributed by atoms with E-state index in [4.69, 9.17) is 14.2 Å². The van der Waals surface area contributed by atoms with E-state index in [1.165, 1.54) is 6.08 Å². The quantitative estimate of drug-likeness (QED) is 0.533. The van der Waals surface area contributed by atoms with E-state index in [1.54, 1.807) is 38.5 Å². The third-order valence-corrected chi connectivity index (χ3v) is 3.47. The van der Waals surface area contributed by atoms with Crippen LogP contribution in [0.2, 0.25) is 0 Å². The largest absolute Gasteiger partial charge is 0.497 e. The molecule has 0 aliphatic heterocycles. The summed E-state index contributed by atoms with van der Waals surface area (Å²) in [7, 11) is 3.19. The van der Waals surface area contributed by atoms with Gasteiger partial charge in [0.15, 0.2) is 5.78 Å². The zero-order valence-electron chi connectivity index (χ0n) is 14.2. The second kappa shape index (κ2) is 8.77. The van der Waals surface area contributed by atoms with Crippen LogP contribution in [-0.4, -0.2) is 26.6 Å². The summed E-state index contributed by atoms with van der Waals surface area (Å²) in [4.78, 5) is 12.3. The first-order valence-corrected chi connectivity index (χ1v) is 7.85. The highest BCUT2D eigenvalue weighted by Crippen LogP contribution is 2.25. The third kappa shape index (κ3) is 4.62. The van der Waals surface area contributed by atoms with Crippen LogP contribution in [-0.2, 0) is 0 Å². The Kier molecular flexibility index (Phi) is 6.43. The van der Waals surface area contributed by atoms with Crippen LogP contribution in [0.3, 0.4) is 0 Å². The number of ether oxygens (including phenoxy) is 3. The second-order valence-electron chi connectivity index (χ2n) is 5.18. The van der Waals surface area contributed by atoms with Gasteiger partial charge in [0.05, 0.1) is 20.8 Å². The minimum atomic E-state index is -0.0742. The first kappa shape index (κ1) is 17.6. The van der Waals surface area contributed by atoms with Crippen molar-refractivity contribution in [3.63, 3.8) is 0 Å². The maximum Gasteiger partial charge on any atom is 0.185 e. The van der Waals surface area contributed by atoms with E-state index < -0.39 is 0 Å². The first-order valence-electron chi connectivity index (χ1n) is 7.85. The summed E-state index contributed by atoms with van der Waals surface area (Å²) in [6, 6.07) is 12.6. The van der Waals surface area contributed by atoms with Crippen molar-refractivity contribution in [3.8, 4) is 17.2 Å². The molecule has 0 spiro atoms. The van der Waals surface area contributed by atoms with Gasteiger partial charge in [-0.05, 0) is 55.0 Å². The highest BCUT2D eigenvalue weighted by molar-refractivity contribution is 6.07. The topological polar surface area (TPSA) is 44.8 Å². The summed E-state index contributed by atoms with van der Waals surface area (Å²) >= 11 is 0. The highest BCUT2D eigenvalue weighted by Gasteiger charge is 2.05. The molecule has 2 rings (SSSR count). The summed E-state index contributed by atoms with van der Waals surface area (Å²) < 4.78 is 16.0. The number of rotatable bonds is 8. The molecule has 0 atom stereocenters. The van der Waals surface area contributed by atoms with Crippen LogP contribution in [0.1, 0.15) is 29.3 Å². The summed E-state index contributed by atoms with van der Waals surface area (Å²) in [5, 5.41) is 0. The van der Waals surface area contributed by atoms with Gasteiger partial charge in [-0.3, -0.25) is 4.79 Å². The molecule has 0 saturated heterocycles. The summed E-state index contributed by atoms with van der Waals surface area (Å²) in [5.41, 5.74) is 1.43. The molecule has 24 heavy (non-hydrogen) atoms. The zero-order valence-corrected chi connectivity index (χ0v) is 14.2. The molecular weight excluding hydrogens is 304 g/mol. The number of methoxy groups -OCH3 is 2. The molecule has 0 N–H and O–H groups in total. The summed E-state index contributed by atoms with van der Waals surface area (Å²) in [6.07, 6.45) is 4.22. The molecule has 2 aromatic rings. The van der Waals surface area contributed by atoms with Crippen LogP contribution in [0, 0.1) is 0 Å². The molecule has 0 amide bonds. The van der Waals surface area contributed by atoms with Gasteiger partial charge in [-0.25, -0.2) is 0 Å². The molecule has 0 aliphatic rings. The maximum absolute atomic E-state index is 12.3. The van der Waals surface area contributed by atoms with Gasteiger partial charge in [-0.1, -0.05) is 6.92 Å². The molecule has 0 heterocycles. The summed E-state index contributed by atoms with van der Waals surface area (Å²) in [5.74, 6) is 2.06. The maximum atomic E-state index is 12.3. The van der Waals surface area contributed by atoms with Crippen molar-refractivity contribution in [3.05, 3.63) is 59.7 Å². The molecule has 0 radical (unpaired) electrons. The second-order valence-corrected chi connectivity index (χ2v) is 5.18. The lowest BCUT2D eigenvalue weighted by Crippen LogP contribution is -1.97. The van der Waals surface area contributed by atoms with Crippen molar-refractivity contribution in [1.29, 1.82) is 0 Å². The summed E-state index contributed by atoms with van der Waals surface area (Å²) in [6.45, 7) is 2.72. The van der Waals surface area contributed by atoms with Crippen molar-refractivity contribution < 1.29 is 19.0 Å². The van der Waals surface area contributed by atoms with E-state index in [-0.39, 0.29) is 5.78 Å². The molecule has 0 bridgehead atoms.